The van der Waals surface area contributed by atoms with Gasteiger partial charge in [-0.1, -0.05) is 12.1 Å². The molecule has 1 atom stereocenters. The van der Waals surface area contributed by atoms with Gasteiger partial charge in [-0.2, -0.15) is 0 Å². The molecule has 3 aromatic rings. The van der Waals surface area contributed by atoms with Crippen LogP contribution in [-0.4, -0.2) is 38.9 Å². The maximum atomic E-state index is 13.2. The van der Waals surface area contributed by atoms with Crippen LogP contribution in [0.5, 0.6) is 5.75 Å². The molecular weight excluding hydrogens is 443 g/mol. The van der Waals surface area contributed by atoms with Crippen molar-refractivity contribution in [1.82, 2.24) is 4.90 Å². The average molecular weight is 469 g/mol. The topological polar surface area (TPSA) is 75.7 Å². The second-order valence-electron chi connectivity index (χ2n) is 7.99. The summed E-state index contributed by atoms with van der Waals surface area (Å²) in [5.74, 6) is 0.220. The fraction of sp³-hybridized carbons (Fsp3) is 0.240. The van der Waals surface area contributed by atoms with Crippen LogP contribution in [0, 0.1) is 5.82 Å². The Bertz CT molecular complexity index is 1230. The molecule has 172 valence electrons. The third-order valence-electron chi connectivity index (χ3n) is 5.75. The quantitative estimate of drug-likeness (QED) is 0.555. The van der Waals surface area contributed by atoms with Gasteiger partial charge in [0.15, 0.2) is 0 Å². The lowest BCUT2D eigenvalue weighted by atomic mass is 10.0. The number of methoxy groups -OCH3 is 1. The standard InChI is InChI=1S/C25H25FN2O4S/c1-32-23-6-2-4-18(17-23)16-22-5-3-15-28(22)25(29)19-7-13-24(14-8-19)33(30,31)27-21-11-9-20(26)10-12-21/h2,4,6-14,17,22,27H,3,5,15-16H2,1H3. The molecule has 0 aromatic heterocycles. The number of benzene rings is 3. The molecule has 1 aliphatic rings. The Morgan fingerprint density at radius 3 is 2.52 bits per heavy atom. The lowest BCUT2D eigenvalue weighted by molar-refractivity contribution is 0.0736. The van der Waals surface area contributed by atoms with Gasteiger partial charge in [-0.05, 0) is 85.5 Å². The van der Waals surface area contributed by atoms with E-state index in [9.17, 15) is 17.6 Å². The van der Waals surface area contributed by atoms with Crippen molar-refractivity contribution < 1.29 is 22.3 Å². The predicted molar refractivity (Wildman–Crippen MR) is 124 cm³/mol. The van der Waals surface area contributed by atoms with Gasteiger partial charge in [0.25, 0.3) is 15.9 Å². The second kappa shape index (κ2) is 9.62. The summed E-state index contributed by atoms with van der Waals surface area (Å²) in [5.41, 5.74) is 1.80. The summed E-state index contributed by atoms with van der Waals surface area (Å²) in [6, 6.07) is 18.8. The Labute approximate surface area is 193 Å². The van der Waals surface area contributed by atoms with E-state index < -0.39 is 15.8 Å². The first-order chi connectivity index (χ1) is 15.9. The zero-order valence-corrected chi connectivity index (χ0v) is 19.0. The number of ether oxygens (including phenoxy) is 1. The smallest absolute Gasteiger partial charge is 0.261 e. The van der Waals surface area contributed by atoms with Crippen LogP contribution in [-0.2, 0) is 16.4 Å². The average Bonchev–Trinajstić information content (AvgIpc) is 3.28. The molecule has 1 unspecified atom stereocenters. The van der Waals surface area contributed by atoms with E-state index in [4.69, 9.17) is 4.74 Å². The number of nitrogens with zero attached hydrogens (tertiary/aromatic N) is 1. The van der Waals surface area contributed by atoms with Gasteiger partial charge in [0, 0.05) is 23.8 Å². The third-order valence-corrected chi connectivity index (χ3v) is 7.15. The molecule has 0 aliphatic carbocycles. The fourth-order valence-electron chi connectivity index (χ4n) is 4.06. The number of carbonyl (C=O) groups is 1. The van der Waals surface area contributed by atoms with Crippen LogP contribution in [0.15, 0.2) is 77.7 Å². The highest BCUT2D eigenvalue weighted by molar-refractivity contribution is 7.92. The molecule has 1 heterocycles. The van der Waals surface area contributed by atoms with Gasteiger partial charge >= 0.3 is 0 Å². The van der Waals surface area contributed by atoms with Crippen LogP contribution in [0.2, 0.25) is 0 Å². The molecule has 0 bridgehead atoms. The lowest BCUT2D eigenvalue weighted by Gasteiger charge is -2.25. The molecule has 8 heteroatoms. The normalized spacial score (nSPS) is 15.9. The van der Waals surface area contributed by atoms with Crippen molar-refractivity contribution >= 4 is 21.6 Å². The Hall–Kier alpha value is -3.39. The van der Waals surface area contributed by atoms with Crippen LogP contribution < -0.4 is 9.46 Å². The highest BCUT2D eigenvalue weighted by atomic mass is 32.2. The van der Waals surface area contributed by atoms with E-state index in [1.807, 2.05) is 29.2 Å². The first kappa shape index (κ1) is 22.8. The van der Waals surface area contributed by atoms with E-state index in [1.54, 1.807) is 7.11 Å². The molecule has 0 saturated carbocycles. The van der Waals surface area contributed by atoms with Gasteiger partial charge in [-0.25, -0.2) is 12.8 Å². The number of halogens is 1. The Morgan fingerprint density at radius 1 is 1.09 bits per heavy atom. The molecule has 0 radical (unpaired) electrons. The van der Waals surface area contributed by atoms with Crippen molar-refractivity contribution in [2.75, 3.05) is 18.4 Å². The molecule has 33 heavy (non-hydrogen) atoms. The van der Waals surface area contributed by atoms with Gasteiger partial charge in [0.1, 0.15) is 11.6 Å². The van der Waals surface area contributed by atoms with E-state index in [1.165, 1.54) is 48.5 Å². The molecule has 1 amide bonds. The summed E-state index contributed by atoms with van der Waals surface area (Å²) in [4.78, 5) is 15.0. The van der Waals surface area contributed by atoms with E-state index >= 15 is 0 Å². The molecule has 1 N–H and O–H groups in total. The van der Waals surface area contributed by atoms with E-state index in [0.717, 1.165) is 30.6 Å². The van der Waals surface area contributed by atoms with Crippen molar-refractivity contribution in [2.45, 2.75) is 30.2 Å². The first-order valence-corrected chi connectivity index (χ1v) is 12.2. The van der Waals surface area contributed by atoms with Gasteiger partial charge in [-0.3, -0.25) is 9.52 Å². The lowest BCUT2D eigenvalue weighted by Crippen LogP contribution is -2.36. The molecule has 1 aliphatic heterocycles. The second-order valence-corrected chi connectivity index (χ2v) is 9.67. The first-order valence-electron chi connectivity index (χ1n) is 10.7. The van der Waals surface area contributed by atoms with E-state index in [2.05, 4.69) is 4.72 Å². The Morgan fingerprint density at radius 2 is 1.82 bits per heavy atom. The summed E-state index contributed by atoms with van der Waals surface area (Å²) in [6.07, 6.45) is 2.57. The third kappa shape index (κ3) is 5.34. The largest absolute Gasteiger partial charge is 0.497 e. The highest BCUT2D eigenvalue weighted by Crippen LogP contribution is 2.25. The fourth-order valence-corrected chi connectivity index (χ4v) is 5.12. The number of anilines is 1. The minimum Gasteiger partial charge on any atom is -0.497 e. The molecule has 4 rings (SSSR count). The van der Waals surface area contributed by atoms with E-state index in [0.29, 0.717) is 12.1 Å². The Kier molecular flexibility index (Phi) is 6.65. The number of carbonyl (C=O) groups excluding carboxylic acids is 1. The number of likely N-dealkylation sites (tertiary alicyclic amines) is 1. The molecule has 0 spiro atoms. The minimum absolute atomic E-state index is 0.0257. The van der Waals surface area contributed by atoms with E-state index in [-0.39, 0.29) is 22.5 Å². The number of nitrogens with one attached hydrogen (secondary N) is 1. The van der Waals surface area contributed by atoms with Crippen LogP contribution in [0.1, 0.15) is 28.8 Å². The monoisotopic (exact) mass is 468 g/mol. The zero-order chi connectivity index (χ0) is 23.4. The van der Waals surface area contributed by atoms with Crippen LogP contribution in [0.3, 0.4) is 0 Å². The van der Waals surface area contributed by atoms with Crippen molar-refractivity contribution in [1.29, 1.82) is 0 Å². The van der Waals surface area contributed by atoms with Crippen LogP contribution in [0.25, 0.3) is 0 Å². The summed E-state index contributed by atoms with van der Waals surface area (Å²) in [6.45, 7) is 0.666. The van der Waals surface area contributed by atoms with Crippen LogP contribution >= 0.6 is 0 Å². The molecule has 1 saturated heterocycles. The van der Waals surface area contributed by atoms with Crippen molar-refractivity contribution in [3.05, 3.63) is 89.7 Å². The van der Waals surface area contributed by atoms with Gasteiger partial charge < -0.3 is 9.64 Å². The molecular formula is C25H25FN2O4S. The molecule has 3 aromatic carbocycles. The van der Waals surface area contributed by atoms with Crippen LogP contribution in [0.4, 0.5) is 10.1 Å². The number of hydrogen-bond acceptors (Lipinski definition) is 4. The van der Waals surface area contributed by atoms with Crippen molar-refractivity contribution in [2.24, 2.45) is 0 Å². The van der Waals surface area contributed by atoms with Gasteiger partial charge in [0.2, 0.25) is 0 Å². The number of sulfonamides is 1. The number of hydrogen-bond donors (Lipinski definition) is 1. The summed E-state index contributed by atoms with van der Waals surface area (Å²) < 4.78 is 46.0. The highest BCUT2D eigenvalue weighted by Gasteiger charge is 2.29. The van der Waals surface area contributed by atoms with Crippen molar-refractivity contribution in [3.63, 3.8) is 0 Å². The predicted octanol–water partition coefficient (Wildman–Crippen LogP) is 4.48. The minimum atomic E-state index is -3.85. The summed E-state index contributed by atoms with van der Waals surface area (Å²) in [5, 5.41) is 0. The SMILES string of the molecule is COc1cccc(CC2CCCN2C(=O)c2ccc(S(=O)(=O)Nc3ccc(F)cc3)cc2)c1. The maximum Gasteiger partial charge on any atom is 0.261 e. The van der Waals surface area contributed by atoms with Gasteiger partial charge in [-0.15, -0.1) is 0 Å². The zero-order valence-electron chi connectivity index (χ0n) is 18.2. The summed E-state index contributed by atoms with van der Waals surface area (Å²) >= 11 is 0. The molecule has 1 fully saturated rings. The Balaban J connectivity index is 1.46. The number of rotatable bonds is 7. The maximum absolute atomic E-state index is 13.2. The summed E-state index contributed by atoms with van der Waals surface area (Å²) in [7, 11) is -2.23. The number of amides is 1. The van der Waals surface area contributed by atoms with Crippen molar-refractivity contribution in [3.8, 4) is 5.75 Å². The van der Waals surface area contributed by atoms with Gasteiger partial charge in [0.05, 0.1) is 12.0 Å². The molecule has 6 nitrogen and oxygen atoms in total.